The van der Waals surface area contributed by atoms with Crippen molar-refractivity contribution in [2.75, 3.05) is 59.7 Å². The molecule has 1 aromatic carbocycles. The number of halogens is 2. The predicted octanol–water partition coefficient (Wildman–Crippen LogP) is 3.78. The van der Waals surface area contributed by atoms with E-state index in [1.165, 1.54) is 18.4 Å². The molecule has 0 aliphatic carbocycles. The van der Waals surface area contributed by atoms with E-state index in [4.69, 9.17) is 21.1 Å². The van der Waals surface area contributed by atoms with Gasteiger partial charge in [0, 0.05) is 50.8 Å². The SMILES string of the molecule is CN=C(NCCCOCC1CCOC1)NCC1CCN(Cc2ccccc2Cl)CC1.I. The summed E-state index contributed by atoms with van der Waals surface area (Å²) in [4.78, 5) is 6.85. The van der Waals surface area contributed by atoms with Crippen LogP contribution in [0.2, 0.25) is 5.02 Å². The molecule has 0 radical (unpaired) electrons. The lowest BCUT2D eigenvalue weighted by atomic mass is 9.96. The summed E-state index contributed by atoms with van der Waals surface area (Å²) in [6, 6.07) is 8.15. The van der Waals surface area contributed by atoms with Crippen molar-refractivity contribution in [2.45, 2.75) is 32.2 Å². The first-order valence-corrected chi connectivity index (χ1v) is 11.7. The summed E-state index contributed by atoms with van der Waals surface area (Å²) in [5.74, 6) is 2.16. The molecule has 2 aliphatic rings. The summed E-state index contributed by atoms with van der Waals surface area (Å²) in [6.45, 7) is 8.37. The van der Waals surface area contributed by atoms with Gasteiger partial charge < -0.3 is 20.1 Å². The van der Waals surface area contributed by atoms with Crippen molar-refractivity contribution in [3.8, 4) is 0 Å². The highest BCUT2D eigenvalue weighted by Crippen LogP contribution is 2.22. The van der Waals surface area contributed by atoms with Crippen molar-refractivity contribution in [3.05, 3.63) is 34.9 Å². The summed E-state index contributed by atoms with van der Waals surface area (Å²) in [5, 5.41) is 7.75. The van der Waals surface area contributed by atoms with E-state index in [0.29, 0.717) is 11.8 Å². The minimum atomic E-state index is 0. The number of hydrogen-bond donors (Lipinski definition) is 2. The highest BCUT2D eigenvalue weighted by Gasteiger charge is 2.20. The van der Waals surface area contributed by atoms with Crippen molar-refractivity contribution in [2.24, 2.45) is 16.8 Å². The average Bonchev–Trinajstić information content (AvgIpc) is 3.29. The van der Waals surface area contributed by atoms with Crippen LogP contribution in [-0.2, 0) is 16.0 Å². The molecule has 2 heterocycles. The number of rotatable bonds is 10. The summed E-state index contributed by atoms with van der Waals surface area (Å²) < 4.78 is 11.1. The van der Waals surface area contributed by atoms with Crippen LogP contribution >= 0.6 is 35.6 Å². The fourth-order valence-corrected chi connectivity index (χ4v) is 4.22. The van der Waals surface area contributed by atoms with Gasteiger partial charge in [-0.05, 0) is 56.3 Å². The highest BCUT2D eigenvalue weighted by molar-refractivity contribution is 14.0. The first-order chi connectivity index (χ1) is 14.7. The molecule has 0 spiro atoms. The van der Waals surface area contributed by atoms with Crippen LogP contribution in [0.3, 0.4) is 0 Å². The van der Waals surface area contributed by atoms with Crippen molar-refractivity contribution in [3.63, 3.8) is 0 Å². The molecular formula is C23H38ClIN4O2. The molecule has 2 N–H and O–H groups in total. The molecule has 1 unspecified atom stereocenters. The number of nitrogens with one attached hydrogen (secondary N) is 2. The largest absolute Gasteiger partial charge is 0.381 e. The molecular weight excluding hydrogens is 527 g/mol. The Bertz CT molecular complexity index is 650. The summed E-state index contributed by atoms with van der Waals surface area (Å²) in [5.41, 5.74) is 1.22. The summed E-state index contributed by atoms with van der Waals surface area (Å²) in [6.07, 6.45) is 4.52. The number of benzene rings is 1. The van der Waals surface area contributed by atoms with Gasteiger partial charge in [-0.2, -0.15) is 0 Å². The molecule has 0 bridgehead atoms. The van der Waals surface area contributed by atoms with Crippen LogP contribution in [0.25, 0.3) is 0 Å². The molecule has 31 heavy (non-hydrogen) atoms. The van der Waals surface area contributed by atoms with Gasteiger partial charge in [0.25, 0.3) is 0 Å². The molecule has 3 rings (SSSR count). The van der Waals surface area contributed by atoms with Crippen molar-refractivity contribution in [1.29, 1.82) is 0 Å². The standard InChI is InChI=1S/C23H37ClN4O2.HI/c1-25-23(26-10-4-13-29-17-20-9-14-30-18-20)27-15-19-7-11-28(12-8-19)16-21-5-2-3-6-22(21)24;/h2-3,5-6,19-20H,4,7-18H2,1H3,(H2,25,26,27);1H. The maximum absolute atomic E-state index is 6.30. The minimum absolute atomic E-state index is 0. The lowest BCUT2D eigenvalue weighted by molar-refractivity contribution is 0.0888. The van der Waals surface area contributed by atoms with Crippen LogP contribution < -0.4 is 10.6 Å². The topological polar surface area (TPSA) is 58.1 Å². The number of guanidine groups is 1. The van der Waals surface area contributed by atoms with E-state index in [-0.39, 0.29) is 24.0 Å². The number of piperidine rings is 1. The number of likely N-dealkylation sites (tertiary alicyclic amines) is 1. The smallest absolute Gasteiger partial charge is 0.190 e. The van der Waals surface area contributed by atoms with Crippen LogP contribution in [0, 0.1) is 11.8 Å². The number of hydrogen-bond acceptors (Lipinski definition) is 4. The predicted molar refractivity (Wildman–Crippen MR) is 139 cm³/mol. The zero-order chi connectivity index (χ0) is 21.0. The summed E-state index contributed by atoms with van der Waals surface area (Å²) in [7, 11) is 1.83. The van der Waals surface area contributed by atoms with Gasteiger partial charge in [0.05, 0.1) is 13.2 Å². The Morgan fingerprint density at radius 2 is 2.00 bits per heavy atom. The Hall–Kier alpha value is -0.610. The van der Waals surface area contributed by atoms with E-state index in [0.717, 1.165) is 83.0 Å². The molecule has 6 nitrogen and oxygen atoms in total. The van der Waals surface area contributed by atoms with Gasteiger partial charge >= 0.3 is 0 Å². The fourth-order valence-electron chi connectivity index (χ4n) is 4.02. The maximum Gasteiger partial charge on any atom is 0.190 e. The van der Waals surface area contributed by atoms with Crippen molar-refractivity contribution in [1.82, 2.24) is 15.5 Å². The van der Waals surface area contributed by atoms with Gasteiger partial charge in [-0.15, -0.1) is 24.0 Å². The van der Waals surface area contributed by atoms with Crippen LogP contribution in [-0.4, -0.2) is 70.5 Å². The maximum atomic E-state index is 6.30. The molecule has 2 saturated heterocycles. The lowest BCUT2D eigenvalue weighted by Crippen LogP contribution is -2.43. The molecule has 2 fully saturated rings. The first-order valence-electron chi connectivity index (χ1n) is 11.3. The molecule has 8 heteroatoms. The van der Waals surface area contributed by atoms with E-state index >= 15 is 0 Å². The average molecular weight is 565 g/mol. The second-order valence-corrected chi connectivity index (χ2v) is 8.76. The molecule has 0 saturated carbocycles. The van der Waals surface area contributed by atoms with Crippen molar-refractivity contribution >= 4 is 41.5 Å². The van der Waals surface area contributed by atoms with Gasteiger partial charge in [0.1, 0.15) is 0 Å². The number of aliphatic imine (C=N–C) groups is 1. The Labute approximate surface area is 209 Å². The van der Waals surface area contributed by atoms with Gasteiger partial charge in [-0.1, -0.05) is 29.8 Å². The van der Waals surface area contributed by atoms with Gasteiger partial charge in [-0.3, -0.25) is 9.89 Å². The Balaban J connectivity index is 0.00000341. The van der Waals surface area contributed by atoms with E-state index in [2.05, 4.69) is 32.7 Å². The first kappa shape index (κ1) is 26.6. The second-order valence-electron chi connectivity index (χ2n) is 8.35. The van der Waals surface area contributed by atoms with E-state index < -0.39 is 0 Å². The van der Waals surface area contributed by atoms with Crippen molar-refractivity contribution < 1.29 is 9.47 Å². The normalized spacial score (nSPS) is 20.5. The molecule has 2 aliphatic heterocycles. The summed E-state index contributed by atoms with van der Waals surface area (Å²) >= 11 is 6.30. The van der Waals surface area contributed by atoms with E-state index in [1.54, 1.807) is 0 Å². The van der Waals surface area contributed by atoms with Crippen LogP contribution in [0.5, 0.6) is 0 Å². The Kier molecular flexibility index (Phi) is 13.1. The third kappa shape index (κ3) is 9.82. The molecule has 1 aromatic rings. The van der Waals surface area contributed by atoms with Crippen LogP contribution in [0.4, 0.5) is 0 Å². The lowest BCUT2D eigenvalue weighted by Gasteiger charge is -2.32. The van der Waals surface area contributed by atoms with E-state index in [1.807, 2.05) is 19.2 Å². The van der Waals surface area contributed by atoms with E-state index in [9.17, 15) is 0 Å². The Morgan fingerprint density at radius 1 is 1.19 bits per heavy atom. The molecule has 0 amide bonds. The van der Waals surface area contributed by atoms with Gasteiger partial charge in [0.15, 0.2) is 5.96 Å². The second kappa shape index (κ2) is 15.3. The molecule has 0 aromatic heterocycles. The monoisotopic (exact) mass is 564 g/mol. The molecule has 176 valence electrons. The molecule has 1 atom stereocenters. The Morgan fingerprint density at radius 3 is 2.71 bits per heavy atom. The zero-order valence-corrected chi connectivity index (χ0v) is 21.7. The number of nitrogens with zero attached hydrogens (tertiary/aromatic N) is 2. The third-order valence-corrected chi connectivity index (χ3v) is 6.34. The highest BCUT2D eigenvalue weighted by atomic mass is 127. The van der Waals surface area contributed by atoms with Crippen LogP contribution in [0.15, 0.2) is 29.3 Å². The van der Waals surface area contributed by atoms with Gasteiger partial charge in [-0.25, -0.2) is 0 Å². The zero-order valence-electron chi connectivity index (χ0n) is 18.7. The third-order valence-electron chi connectivity index (χ3n) is 5.98. The quantitative estimate of drug-likeness (QED) is 0.196. The van der Waals surface area contributed by atoms with Gasteiger partial charge in [0.2, 0.25) is 0 Å². The van der Waals surface area contributed by atoms with Crippen LogP contribution in [0.1, 0.15) is 31.2 Å². The minimum Gasteiger partial charge on any atom is -0.381 e. The fraction of sp³-hybridized carbons (Fsp3) is 0.696. The number of ether oxygens (including phenoxy) is 2.